The number of hydrogen-bond donors (Lipinski definition) is 3. The maximum absolute atomic E-state index is 11.9. The summed E-state index contributed by atoms with van der Waals surface area (Å²) in [7, 11) is -1.80. The van der Waals surface area contributed by atoms with Gasteiger partial charge in [-0.15, -0.1) is 0 Å². The van der Waals surface area contributed by atoms with E-state index in [1.165, 1.54) is 0 Å². The summed E-state index contributed by atoms with van der Waals surface area (Å²) in [5.41, 5.74) is 6.99. The van der Waals surface area contributed by atoms with E-state index in [1.54, 1.807) is 11.6 Å². The van der Waals surface area contributed by atoms with Crippen molar-refractivity contribution in [1.82, 2.24) is 14.3 Å². The number of aliphatic carboxylic acids is 1. The molecule has 0 spiro atoms. The minimum Gasteiger partial charge on any atom is -0.480 e. The van der Waals surface area contributed by atoms with Crippen molar-refractivity contribution in [2.75, 3.05) is 5.75 Å². The Hall–Kier alpha value is -1.97. The number of nitrogens with one attached hydrogen (secondary N) is 1. The molecule has 0 bridgehead atoms. The van der Waals surface area contributed by atoms with E-state index in [-0.39, 0.29) is 18.7 Å². The van der Waals surface area contributed by atoms with Crippen molar-refractivity contribution in [3.05, 3.63) is 30.1 Å². The molecule has 120 valence electrons. The molecule has 9 heteroatoms. The third kappa shape index (κ3) is 3.81. The Kier molecular flexibility index (Phi) is 4.79. The van der Waals surface area contributed by atoms with Gasteiger partial charge in [-0.2, -0.15) is 0 Å². The number of rotatable bonds is 7. The van der Waals surface area contributed by atoms with Gasteiger partial charge in [0.15, 0.2) is 0 Å². The molecule has 0 aliphatic heterocycles. The Labute approximate surface area is 128 Å². The molecule has 0 amide bonds. The van der Waals surface area contributed by atoms with Gasteiger partial charge in [0.1, 0.15) is 11.9 Å². The number of nitrogens with zero attached hydrogens (tertiary/aromatic N) is 2. The van der Waals surface area contributed by atoms with E-state index in [9.17, 15) is 13.2 Å². The zero-order valence-electron chi connectivity index (χ0n) is 12.1. The maximum atomic E-state index is 11.9. The predicted octanol–water partition coefficient (Wildman–Crippen LogP) is -0.205. The van der Waals surface area contributed by atoms with Crippen LogP contribution < -0.4 is 10.5 Å². The van der Waals surface area contributed by atoms with Crippen LogP contribution in [0.5, 0.6) is 0 Å². The third-order valence-electron chi connectivity index (χ3n) is 3.34. The van der Waals surface area contributed by atoms with Gasteiger partial charge in [-0.1, -0.05) is 12.1 Å². The lowest BCUT2D eigenvalue weighted by atomic mass is 10.2. The number of carboxylic acid groups (broad SMARTS) is 1. The van der Waals surface area contributed by atoms with Crippen molar-refractivity contribution in [3.63, 3.8) is 0 Å². The quantitative estimate of drug-likeness (QED) is 0.646. The van der Waals surface area contributed by atoms with Gasteiger partial charge >= 0.3 is 5.97 Å². The molecule has 1 heterocycles. The largest absolute Gasteiger partial charge is 0.480 e. The Balaban J connectivity index is 2.01. The van der Waals surface area contributed by atoms with Gasteiger partial charge in [0.2, 0.25) is 10.0 Å². The van der Waals surface area contributed by atoms with E-state index in [0.717, 1.165) is 11.0 Å². The number of sulfonamides is 1. The highest BCUT2D eigenvalue weighted by Crippen LogP contribution is 2.14. The Morgan fingerprint density at radius 2 is 2.14 bits per heavy atom. The number of carboxylic acids is 1. The van der Waals surface area contributed by atoms with Crippen molar-refractivity contribution >= 4 is 27.0 Å². The average Bonchev–Trinajstić information content (AvgIpc) is 2.80. The van der Waals surface area contributed by atoms with Crippen LogP contribution in [0.4, 0.5) is 0 Å². The molecule has 22 heavy (non-hydrogen) atoms. The van der Waals surface area contributed by atoms with Crippen molar-refractivity contribution in [3.8, 4) is 0 Å². The number of hydrogen-bond acceptors (Lipinski definition) is 5. The van der Waals surface area contributed by atoms with Crippen LogP contribution in [0.15, 0.2) is 24.3 Å². The Morgan fingerprint density at radius 3 is 2.77 bits per heavy atom. The molecule has 4 N–H and O–H groups in total. The minimum atomic E-state index is -3.61. The van der Waals surface area contributed by atoms with Crippen molar-refractivity contribution in [2.45, 2.75) is 19.0 Å². The molecule has 0 fully saturated rings. The van der Waals surface area contributed by atoms with Crippen LogP contribution in [0, 0.1) is 0 Å². The Morgan fingerprint density at radius 1 is 1.45 bits per heavy atom. The second-order valence-electron chi connectivity index (χ2n) is 4.95. The fourth-order valence-corrected chi connectivity index (χ4v) is 3.06. The number of para-hydroxylation sites is 2. The molecular formula is C13H18N4O4S. The first-order valence-electron chi connectivity index (χ1n) is 6.66. The molecule has 0 aliphatic carbocycles. The topological polar surface area (TPSA) is 127 Å². The van der Waals surface area contributed by atoms with E-state index in [0.29, 0.717) is 5.82 Å². The van der Waals surface area contributed by atoms with Gasteiger partial charge in [-0.05, 0) is 18.6 Å². The molecule has 2 aromatic rings. The highest BCUT2D eigenvalue weighted by Gasteiger charge is 2.18. The second kappa shape index (κ2) is 6.42. The molecule has 2 rings (SSSR count). The lowest BCUT2D eigenvalue weighted by Gasteiger charge is -2.09. The predicted molar refractivity (Wildman–Crippen MR) is 81.6 cm³/mol. The second-order valence-corrected chi connectivity index (χ2v) is 6.88. The van der Waals surface area contributed by atoms with Crippen LogP contribution in [0.1, 0.15) is 12.2 Å². The summed E-state index contributed by atoms with van der Waals surface area (Å²) in [6.45, 7) is 0.0375. The number of benzene rings is 1. The highest BCUT2D eigenvalue weighted by atomic mass is 32.2. The third-order valence-corrected chi connectivity index (χ3v) is 4.70. The summed E-state index contributed by atoms with van der Waals surface area (Å²) in [5, 5.41) is 8.65. The summed E-state index contributed by atoms with van der Waals surface area (Å²) in [4.78, 5) is 14.9. The van der Waals surface area contributed by atoms with Crippen LogP contribution in [-0.2, 0) is 28.4 Å². The number of imidazole rings is 1. The number of carbonyl (C=O) groups is 1. The zero-order chi connectivity index (χ0) is 16.3. The number of aryl methyl sites for hydroxylation is 1. The fourth-order valence-electron chi connectivity index (χ4n) is 2.01. The first kappa shape index (κ1) is 16.4. The molecule has 1 atom stereocenters. The van der Waals surface area contributed by atoms with Gasteiger partial charge in [-0.25, -0.2) is 18.1 Å². The summed E-state index contributed by atoms with van der Waals surface area (Å²) >= 11 is 0. The molecule has 0 saturated heterocycles. The van der Waals surface area contributed by atoms with E-state index < -0.39 is 22.0 Å². The molecule has 8 nitrogen and oxygen atoms in total. The molecule has 0 radical (unpaired) electrons. The lowest BCUT2D eigenvalue weighted by molar-refractivity contribution is -0.138. The van der Waals surface area contributed by atoms with Crippen LogP contribution >= 0.6 is 0 Å². The first-order chi connectivity index (χ1) is 10.3. The fraction of sp³-hybridized carbons (Fsp3) is 0.385. The van der Waals surface area contributed by atoms with Crippen LogP contribution in [-0.4, -0.2) is 40.8 Å². The van der Waals surface area contributed by atoms with Crippen molar-refractivity contribution < 1.29 is 18.3 Å². The van der Waals surface area contributed by atoms with Crippen LogP contribution in [0.25, 0.3) is 11.0 Å². The van der Waals surface area contributed by atoms with E-state index in [1.807, 2.05) is 24.3 Å². The molecule has 0 aliphatic rings. The maximum Gasteiger partial charge on any atom is 0.320 e. The zero-order valence-corrected chi connectivity index (χ0v) is 12.9. The van der Waals surface area contributed by atoms with Gasteiger partial charge in [0.05, 0.1) is 23.3 Å². The molecule has 1 aromatic carbocycles. The van der Waals surface area contributed by atoms with Crippen LogP contribution in [0.3, 0.4) is 0 Å². The number of fused-ring (bicyclic) bond motifs is 1. The van der Waals surface area contributed by atoms with Crippen molar-refractivity contribution in [1.29, 1.82) is 0 Å². The van der Waals surface area contributed by atoms with Gasteiger partial charge in [0.25, 0.3) is 0 Å². The number of nitrogens with two attached hydrogens (primary N) is 1. The van der Waals surface area contributed by atoms with Gasteiger partial charge in [0, 0.05) is 7.05 Å². The summed E-state index contributed by atoms with van der Waals surface area (Å²) in [6.07, 6.45) is -0.146. The Bertz CT molecular complexity index is 784. The van der Waals surface area contributed by atoms with Gasteiger partial charge in [-0.3, -0.25) is 4.79 Å². The smallest absolute Gasteiger partial charge is 0.320 e. The van der Waals surface area contributed by atoms with E-state index in [2.05, 4.69) is 9.71 Å². The van der Waals surface area contributed by atoms with Crippen LogP contribution in [0.2, 0.25) is 0 Å². The molecular weight excluding hydrogens is 308 g/mol. The standard InChI is InChI=1S/C13H18N4O4S/c1-17-11-5-3-2-4-10(11)16-12(17)8-15-22(20,21)7-6-9(14)13(18)19/h2-5,9,15H,6-8,14H2,1H3,(H,18,19)/t9-/m0/s1. The van der Waals surface area contributed by atoms with E-state index in [4.69, 9.17) is 10.8 Å². The minimum absolute atomic E-state index is 0.0375. The lowest BCUT2D eigenvalue weighted by Crippen LogP contribution is -2.35. The summed E-state index contributed by atoms with van der Waals surface area (Å²) < 4.78 is 27.9. The first-order valence-corrected chi connectivity index (χ1v) is 8.31. The molecule has 1 aromatic heterocycles. The average molecular weight is 326 g/mol. The van der Waals surface area contributed by atoms with E-state index >= 15 is 0 Å². The summed E-state index contributed by atoms with van der Waals surface area (Å²) in [5.74, 6) is -0.984. The van der Waals surface area contributed by atoms with Crippen molar-refractivity contribution in [2.24, 2.45) is 12.8 Å². The highest BCUT2D eigenvalue weighted by molar-refractivity contribution is 7.89. The SMILES string of the molecule is Cn1c(CNS(=O)(=O)CC[C@H](N)C(=O)O)nc2ccccc21. The molecule has 0 saturated carbocycles. The normalized spacial score (nSPS) is 13.4. The summed E-state index contributed by atoms with van der Waals surface area (Å²) in [6, 6.07) is 6.29. The van der Waals surface area contributed by atoms with Gasteiger partial charge < -0.3 is 15.4 Å². The number of aromatic nitrogens is 2. The monoisotopic (exact) mass is 326 g/mol. The molecule has 0 unspecified atom stereocenters.